The Bertz CT molecular complexity index is 529. The second-order valence-corrected chi connectivity index (χ2v) is 4.15. The number of nitriles is 1. The van der Waals surface area contributed by atoms with Gasteiger partial charge in [0.1, 0.15) is 12.3 Å². The molecule has 0 bridgehead atoms. The smallest absolute Gasteiger partial charge is 0.247 e. The molecule has 1 heterocycles. The third-order valence-corrected chi connectivity index (χ3v) is 2.82. The van der Waals surface area contributed by atoms with Gasteiger partial charge in [-0.1, -0.05) is 6.07 Å². The summed E-state index contributed by atoms with van der Waals surface area (Å²) in [6.07, 6.45) is 4.16. The molecule has 4 nitrogen and oxygen atoms in total. The van der Waals surface area contributed by atoms with Crippen molar-refractivity contribution < 1.29 is 9.53 Å². The van der Waals surface area contributed by atoms with Crippen molar-refractivity contribution in [3.05, 3.63) is 35.4 Å². The molecular formula is C14H14N2O2. The maximum atomic E-state index is 11.6. The van der Waals surface area contributed by atoms with Crippen molar-refractivity contribution in [3.8, 4) is 11.8 Å². The second-order valence-electron chi connectivity index (χ2n) is 4.15. The number of benzene rings is 1. The third kappa shape index (κ3) is 2.69. The van der Waals surface area contributed by atoms with Gasteiger partial charge in [0.2, 0.25) is 5.91 Å². The van der Waals surface area contributed by atoms with Crippen LogP contribution < -0.4 is 4.74 Å². The molecule has 0 atom stereocenters. The van der Waals surface area contributed by atoms with Gasteiger partial charge in [-0.25, -0.2) is 0 Å². The first-order chi connectivity index (χ1) is 8.70. The number of hydrogen-bond donors (Lipinski definition) is 0. The summed E-state index contributed by atoms with van der Waals surface area (Å²) in [5, 5.41) is 8.49. The van der Waals surface area contributed by atoms with Crippen molar-refractivity contribution >= 4 is 12.0 Å². The van der Waals surface area contributed by atoms with Crippen molar-refractivity contribution in [1.29, 1.82) is 5.26 Å². The molecule has 0 spiro atoms. The maximum absolute atomic E-state index is 11.6. The van der Waals surface area contributed by atoms with Gasteiger partial charge in [-0.3, -0.25) is 4.79 Å². The summed E-state index contributed by atoms with van der Waals surface area (Å²) >= 11 is 0. The van der Waals surface area contributed by atoms with Crippen molar-refractivity contribution in [2.24, 2.45) is 0 Å². The minimum atomic E-state index is -0.173. The van der Waals surface area contributed by atoms with E-state index >= 15 is 0 Å². The number of fused-ring (bicyclic) bond motifs is 1. The first-order valence-electron chi connectivity index (χ1n) is 5.76. The molecule has 1 amide bonds. The summed E-state index contributed by atoms with van der Waals surface area (Å²) in [4.78, 5) is 13.0. The molecule has 0 aliphatic carbocycles. The SMILES string of the molecule is CN(CC#N)C(=O)/C=C\c1ccc2c(c1)CCO2. The lowest BCUT2D eigenvalue weighted by molar-refractivity contribution is -0.124. The number of ether oxygens (including phenoxy) is 1. The number of carbonyl (C=O) groups excluding carboxylic acids is 1. The Morgan fingerprint density at radius 3 is 3.22 bits per heavy atom. The van der Waals surface area contributed by atoms with Gasteiger partial charge in [-0.05, 0) is 29.3 Å². The average Bonchev–Trinajstić information content (AvgIpc) is 2.83. The second kappa shape index (κ2) is 5.37. The molecule has 1 aromatic rings. The highest BCUT2D eigenvalue weighted by atomic mass is 16.5. The van der Waals surface area contributed by atoms with E-state index in [1.165, 1.54) is 16.5 Å². The van der Waals surface area contributed by atoms with Crippen LogP contribution in [0, 0.1) is 11.3 Å². The van der Waals surface area contributed by atoms with Gasteiger partial charge in [0.25, 0.3) is 0 Å². The molecule has 1 aliphatic heterocycles. The van der Waals surface area contributed by atoms with Crippen LogP contribution in [0.2, 0.25) is 0 Å². The predicted octanol–water partition coefficient (Wildman–Crippen LogP) is 1.62. The van der Waals surface area contributed by atoms with Crippen LogP contribution in [0.3, 0.4) is 0 Å². The third-order valence-electron chi connectivity index (χ3n) is 2.82. The summed E-state index contributed by atoms with van der Waals surface area (Å²) < 4.78 is 5.41. The Kier molecular flexibility index (Phi) is 3.63. The van der Waals surface area contributed by atoms with E-state index in [9.17, 15) is 4.79 Å². The fraction of sp³-hybridized carbons (Fsp3) is 0.286. The van der Waals surface area contributed by atoms with E-state index in [2.05, 4.69) is 0 Å². The molecule has 0 saturated carbocycles. The molecule has 92 valence electrons. The largest absolute Gasteiger partial charge is 0.493 e. The average molecular weight is 242 g/mol. The van der Waals surface area contributed by atoms with E-state index in [-0.39, 0.29) is 12.5 Å². The standard InChI is InChI=1S/C14H14N2O2/c1-16(8-7-15)14(17)5-3-11-2-4-13-12(10-11)6-9-18-13/h2-5,10H,6,8-9H2,1H3/b5-3-. The van der Waals surface area contributed by atoms with Gasteiger partial charge in [0.05, 0.1) is 12.7 Å². The highest BCUT2D eigenvalue weighted by molar-refractivity contribution is 5.91. The molecule has 0 unspecified atom stereocenters. The van der Waals surface area contributed by atoms with Gasteiger partial charge in [-0.15, -0.1) is 0 Å². The Hall–Kier alpha value is -2.28. The fourth-order valence-electron chi connectivity index (χ4n) is 1.79. The zero-order valence-corrected chi connectivity index (χ0v) is 10.2. The van der Waals surface area contributed by atoms with Gasteiger partial charge in [0, 0.05) is 19.5 Å². The van der Waals surface area contributed by atoms with E-state index in [1.807, 2.05) is 24.3 Å². The zero-order chi connectivity index (χ0) is 13.0. The minimum absolute atomic E-state index is 0.0984. The van der Waals surface area contributed by atoms with Crippen LogP contribution in [-0.4, -0.2) is 31.0 Å². The number of hydrogen-bond acceptors (Lipinski definition) is 3. The number of rotatable bonds is 3. The highest BCUT2D eigenvalue weighted by Crippen LogP contribution is 2.26. The zero-order valence-electron chi connectivity index (χ0n) is 10.2. The van der Waals surface area contributed by atoms with Crippen LogP contribution in [0.25, 0.3) is 6.08 Å². The van der Waals surface area contributed by atoms with E-state index < -0.39 is 0 Å². The van der Waals surface area contributed by atoms with Crippen LogP contribution in [0.5, 0.6) is 5.75 Å². The topological polar surface area (TPSA) is 53.3 Å². The molecule has 0 fully saturated rings. The van der Waals surface area contributed by atoms with Crippen LogP contribution in [-0.2, 0) is 11.2 Å². The molecular weight excluding hydrogens is 228 g/mol. The van der Waals surface area contributed by atoms with Crippen LogP contribution in [0.1, 0.15) is 11.1 Å². The summed E-state index contributed by atoms with van der Waals surface area (Å²) in [7, 11) is 1.60. The van der Waals surface area contributed by atoms with E-state index in [1.54, 1.807) is 13.1 Å². The van der Waals surface area contributed by atoms with Crippen molar-refractivity contribution in [3.63, 3.8) is 0 Å². The quantitative estimate of drug-likeness (QED) is 0.597. The summed E-state index contributed by atoms with van der Waals surface area (Å²) in [6, 6.07) is 7.80. The molecule has 4 heteroatoms. The van der Waals surface area contributed by atoms with Crippen LogP contribution in [0.4, 0.5) is 0 Å². The molecule has 2 rings (SSSR count). The van der Waals surface area contributed by atoms with Crippen LogP contribution in [0.15, 0.2) is 24.3 Å². The Morgan fingerprint density at radius 2 is 2.44 bits per heavy atom. The van der Waals surface area contributed by atoms with Crippen molar-refractivity contribution in [2.45, 2.75) is 6.42 Å². The molecule has 18 heavy (non-hydrogen) atoms. The molecule has 1 aromatic carbocycles. The van der Waals surface area contributed by atoms with Gasteiger partial charge in [0.15, 0.2) is 0 Å². The van der Waals surface area contributed by atoms with E-state index in [0.29, 0.717) is 0 Å². The molecule has 1 aliphatic rings. The fourth-order valence-corrected chi connectivity index (χ4v) is 1.79. The Labute approximate surface area is 106 Å². The minimum Gasteiger partial charge on any atom is -0.493 e. The molecule has 0 N–H and O–H groups in total. The van der Waals surface area contributed by atoms with Gasteiger partial charge >= 0.3 is 0 Å². The monoisotopic (exact) mass is 242 g/mol. The highest BCUT2D eigenvalue weighted by Gasteiger charge is 2.11. The normalized spacial score (nSPS) is 12.9. The Morgan fingerprint density at radius 1 is 1.61 bits per heavy atom. The lowest BCUT2D eigenvalue weighted by Gasteiger charge is -2.09. The van der Waals surface area contributed by atoms with E-state index in [0.717, 1.165) is 24.3 Å². The molecule has 0 aromatic heterocycles. The predicted molar refractivity (Wildman–Crippen MR) is 67.9 cm³/mol. The van der Waals surface area contributed by atoms with Crippen molar-refractivity contribution in [1.82, 2.24) is 4.90 Å². The first-order valence-corrected chi connectivity index (χ1v) is 5.76. The lowest BCUT2D eigenvalue weighted by Crippen LogP contribution is -2.24. The van der Waals surface area contributed by atoms with Gasteiger partial charge < -0.3 is 9.64 Å². The number of likely N-dealkylation sites (N-methyl/N-ethyl adjacent to an activating group) is 1. The lowest BCUT2D eigenvalue weighted by atomic mass is 10.1. The number of amides is 1. The Balaban J connectivity index is 2.05. The number of carbonyl (C=O) groups is 1. The van der Waals surface area contributed by atoms with Gasteiger partial charge in [-0.2, -0.15) is 5.26 Å². The number of nitrogens with zero attached hydrogens (tertiary/aromatic N) is 2. The first kappa shape index (κ1) is 12.2. The summed E-state index contributed by atoms with van der Waals surface area (Å²) in [5.74, 6) is 0.758. The van der Waals surface area contributed by atoms with Crippen LogP contribution >= 0.6 is 0 Å². The van der Waals surface area contributed by atoms with Crippen molar-refractivity contribution in [2.75, 3.05) is 20.2 Å². The molecule has 0 radical (unpaired) electrons. The van der Waals surface area contributed by atoms with E-state index in [4.69, 9.17) is 10.00 Å². The summed E-state index contributed by atoms with van der Waals surface area (Å²) in [5.41, 5.74) is 2.15. The maximum Gasteiger partial charge on any atom is 0.247 e. The molecule has 0 saturated heterocycles. The summed E-state index contributed by atoms with van der Waals surface area (Å²) in [6.45, 7) is 0.827.